The fourth-order valence-electron chi connectivity index (χ4n) is 2.35. The van der Waals surface area contributed by atoms with Crippen LogP contribution in [0.15, 0.2) is 53.7 Å². The lowest BCUT2D eigenvalue weighted by molar-refractivity contribution is -0.118. The second kappa shape index (κ2) is 5.85. The van der Waals surface area contributed by atoms with Crippen LogP contribution >= 0.6 is 0 Å². The number of halogens is 1. The Labute approximate surface area is 126 Å². The van der Waals surface area contributed by atoms with Gasteiger partial charge in [0.25, 0.3) is 0 Å². The van der Waals surface area contributed by atoms with Crippen LogP contribution in [0.2, 0.25) is 0 Å². The second-order valence-electron chi connectivity index (χ2n) is 4.90. The van der Waals surface area contributed by atoms with E-state index < -0.39 is 17.6 Å². The van der Waals surface area contributed by atoms with Crippen molar-refractivity contribution in [1.82, 2.24) is 0 Å². The van der Waals surface area contributed by atoms with Crippen LogP contribution in [0.5, 0.6) is 5.75 Å². The Bertz CT molecular complexity index is 746. The van der Waals surface area contributed by atoms with Gasteiger partial charge < -0.3 is 15.3 Å². The number of hydrogen-bond acceptors (Lipinski definition) is 4. The molecule has 3 rings (SSSR count). The summed E-state index contributed by atoms with van der Waals surface area (Å²) in [5, 5.41) is 14.7. The van der Waals surface area contributed by atoms with E-state index >= 15 is 0 Å². The number of nitrogens with zero attached hydrogens (tertiary/aromatic N) is 1. The van der Waals surface area contributed by atoms with Gasteiger partial charge in [-0.1, -0.05) is 29.4 Å². The maximum Gasteiger partial charge on any atom is 0.243 e. The van der Waals surface area contributed by atoms with Crippen molar-refractivity contribution in [2.75, 3.05) is 5.32 Å². The summed E-state index contributed by atoms with van der Waals surface area (Å²) >= 11 is 0. The van der Waals surface area contributed by atoms with Gasteiger partial charge in [-0.15, -0.1) is 0 Å². The minimum atomic E-state index is -0.775. The predicted octanol–water partition coefficient (Wildman–Crippen LogP) is 2.80. The van der Waals surface area contributed by atoms with E-state index in [0.29, 0.717) is 17.9 Å². The number of rotatable bonds is 2. The summed E-state index contributed by atoms with van der Waals surface area (Å²) in [4.78, 5) is 12.4. The topological polar surface area (TPSA) is 70.9 Å². The molecule has 1 heterocycles. The fourth-order valence-corrected chi connectivity index (χ4v) is 2.35. The minimum Gasteiger partial charge on any atom is -0.439 e. The number of carbonyl (C=O) groups is 1. The number of benzene rings is 2. The molecule has 1 aliphatic rings. The van der Waals surface area contributed by atoms with Crippen LogP contribution in [-0.4, -0.2) is 17.0 Å². The first-order valence-corrected chi connectivity index (χ1v) is 6.71. The quantitative estimate of drug-likeness (QED) is 0.662. The third-order valence-corrected chi connectivity index (χ3v) is 3.42. The number of nitrogens with one attached hydrogen (secondary N) is 1. The van der Waals surface area contributed by atoms with Gasteiger partial charge in [0.2, 0.25) is 11.8 Å². The number of oxime groups is 1. The molecule has 112 valence electrons. The van der Waals surface area contributed by atoms with Crippen molar-refractivity contribution in [3.8, 4) is 5.75 Å². The highest BCUT2D eigenvalue weighted by molar-refractivity contribution is 6.07. The highest BCUT2D eigenvalue weighted by atomic mass is 19.1. The lowest BCUT2D eigenvalue weighted by atomic mass is 9.95. The Balaban J connectivity index is 1.82. The van der Waals surface area contributed by atoms with Gasteiger partial charge in [0.1, 0.15) is 17.5 Å². The summed E-state index contributed by atoms with van der Waals surface area (Å²) in [6.07, 6.45) is 0.344. The van der Waals surface area contributed by atoms with Gasteiger partial charge in [-0.3, -0.25) is 4.79 Å². The molecular formula is C16H13FN2O3. The largest absolute Gasteiger partial charge is 0.439 e. The molecule has 0 radical (unpaired) electrons. The van der Waals surface area contributed by atoms with Crippen molar-refractivity contribution in [2.24, 2.45) is 11.1 Å². The lowest BCUT2D eigenvalue weighted by Crippen LogP contribution is -2.37. The van der Waals surface area contributed by atoms with E-state index in [1.807, 2.05) is 12.1 Å². The molecular weight excluding hydrogens is 287 g/mol. The van der Waals surface area contributed by atoms with E-state index in [2.05, 4.69) is 10.5 Å². The Kier molecular flexibility index (Phi) is 3.74. The average molecular weight is 300 g/mol. The third kappa shape index (κ3) is 2.76. The summed E-state index contributed by atoms with van der Waals surface area (Å²) < 4.78 is 18.6. The van der Waals surface area contributed by atoms with Gasteiger partial charge in [-0.25, -0.2) is 4.39 Å². The highest BCUT2D eigenvalue weighted by Gasteiger charge is 2.33. The standard InChI is InChI=1S/C16H13FN2O3/c17-11-5-3-6-12(9-11)18-15(20)13-8-10-4-1-2-7-14(10)22-16(13)19-21/h1-7,9,13,21H,8H2,(H,18,20)/b19-16+/t13-/m1/s1. The van der Waals surface area contributed by atoms with Gasteiger partial charge in [0, 0.05) is 5.69 Å². The molecule has 22 heavy (non-hydrogen) atoms. The first kappa shape index (κ1) is 14.1. The summed E-state index contributed by atoms with van der Waals surface area (Å²) in [6, 6.07) is 12.8. The molecule has 0 bridgehead atoms. The third-order valence-electron chi connectivity index (χ3n) is 3.42. The number of fused-ring (bicyclic) bond motifs is 1. The molecule has 2 N–H and O–H groups in total. The van der Waals surface area contributed by atoms with E-state index in [9.17, 15) is 9.18 Å². The number of carbonyl (C=O) groups excluding carboxylic acids is 1. The molecule has 0 unspecified atom stereocenters. The normalized spacial score (nSPS) is 18.4. The predicted molar refractivity (Wildman–Crippen MR) is 78.5 cm³/mol. The van der Waals surface area contributed by atoms with E-state index in [4.69, 9.17) is 9.94 Å². The monoisotopic (exact) mass is 300 g/mol. The second-order valence-corrected chi connectivity index (χ2v) is 4.90. The summed E-state index contributed by atoms with van der Waals surface area (Å²) in [5.41, 5.74) is 1.18. The van der Waals surface area contributed by atoms with Crippen LogP contribution in [0.25, 0.3) is 0 Å². The molecule has 1 atom stereocenters. The molecule has 6 heteroatoms. The Hall–Kier alpha value is -2.89. The van der Waals surface area contributed by atoms with E-state index in [0.717, 1.165) is 5.56 Å². The molecule has 1 amide bonds. The van der Waals surface area contributed by atoms with E-state index in [1.54, 1.807) is 18.2 Å². The smallest absolute Gasteiger partial charge is 0.243 e. The molecule has 0 fully saturated rings. The fraction of sp³-hybridized carbons (Fsp3) is 0.125. The number of hydrogen-bond donors (Lipinski definition) is 2. The van der Waals surface area contributed by atoms with Crippen molar-refractivity contribution in [3.63, 3.8) is 0 Å². The Morgan fingerprint density at radius 3 is 2.86 bits per heavy atom. The van der Waals surface area contributed by atoms with E-state index in [1.165, 1.54) is 18.2 Å². The van der Waals surface area contributed by atoms with Crippen molar-refractivity contribution in [3.05, 3.63) is 59.9 Å². The highest BCUT2D eigenvalue weighted by Crippen LogP contribution is 2.29. The summed E-state index contributed by atoms with van der Waals surface area (Å²) in [5.74, 6) is -1.16. The van der Waals surface area contributed by atoms with Crippen LogP contribution in [0, 0.1) is 11.7 Å². The van der Waals surface area contributed by atoms with Gasteiger partial charge in [0.15, 0.2) is 0 Å². The first-order valence-electron chi connectivity index (χ1n) is 6.71. The molecule has 2 aromatic rings. The molecule has 0 saturated heterocycles. The zero-order chi connectivity index (χ0) is 15.5. The molecule has 5 nitrogen and oxygen atoms in total. The number of amides is 1. The molecule has 0 aliphatic carbocycles. The SMILES string of the molecule is O=C(Nc1cccc(F)c1)[C@H]1Cc2ccccc2O/C1=N/O. The number of anilines is 1. The van der Waals surface area contributed by atoms with Crippen molar-refractivity contribution in [2.45, 2.75) is 6.42 Å². The maximum absolute atomic E-state index is 13.2. The zero-order valence-electron chi connectivity index (χ0n) is 11.5. The molecule has 0 aromatic heterocycles. The molecule has 0 saturated carbocycles. The average Bonchev–Trinajstić information content (AvgIpc) is 2.53. The van der Waals surface area contributed by atoms with Crippen LogP contribution < -0.4 is 10.1 Å². The number of para-hydroxylation sites is 1. The van der Waals surface area contributed by atoms with Crippen LogP contribution in [0.4, 0.5) is 10.1 Å². The van der Waals surface area contributed by atoms with Crippen molar-refractivity contribution >= 4 is 17.5 Å². The van der Waals surface area contributed by atoms with Crippen LogP contribution in [-0.2, 0) is 11.2 Å². The number of ether oxygens (including phenoxy) is 1. The Morgan fingerprint density at radius 1 is 1.27 bits per heavy atom. The van der Waals surface area contributed by atoms with Gasteiger partial charge in [-0.05, 0) is 36.2 Å². The van der Waals surface area contributed by atoms with Gasteiger partial charge >= 0.3 is 0 Å². The van der Waals surface area contributed by atoms with Crippen LogP contribution in [0.3, 0.4) is 0 Å². The van der Waals surface area contributed by atoms with Crippen molar-refractivity contribution in [1.29, 1.82) is 0 Å². The van der Waals surface area contributed by atoms with Gasteiger partial charge in [0.05, 0.1) is 0 Å². The van der Waals surface area contributed by atoms with Crippen molar-refractivity contribution < 1.29 is 19.1 Å². The first-order chi connectivity index (χ1) is 10.7. The van der Waals surface area contributed by atoms with Gasteiger partial charge in [-0.2, -0.15) is 0 Å². The molecule has 2 aromatic carbocycles. The summed E-state index contributed by atoms with van der Waals surface area (Å²) in [7, 11) is 0. The zero-order valence-corrected chi connectivity index (χ0v) is 11.5. The lowest BCUT2D eigenvalue weighted by Gasteiger charge is -2.24. The van der Waals surface area contributed by atoms with Crippen LogP contribution in [0.1, 0.15) is 5.56 Å². The minimum absolute atomic E-state index is 0.0763. The molecule has 0 spiro atoms. The summed E-state index contributed by atoms with van der Waals surface area (Å²) in [6.45, 7) is 0. The Morgan fingerprint density at radius 2 is 2.09 bits per heavy atom. The van der Waals surface area contributed by atoms with E-state index in [-0.39, 0.29) is 5.90 Å². The molecule has 1 aliphatic heterocycles. The maximum atomic E-state index is 13.2.